The molecule has 1 aliphatic heterocycles. The lowest BCUT2D eigenvalue weighted by atomic mass is 10.1. The summed E-state index contributed by atoms with van der Waals surface area (Å²) in [5, 5.41) is 0. The Morgan fingerprint density at radius 3 is 2.90 bits per heavy atom. The maximum atomic E-state index is 12.1. The lowest BCUT2D eigenvalue weighted by Crippen LogP contribution is -2.45. The fourth-order valence-electron chi connectivity index (χ4n) is 2.17. The van der Waals surface area contributed by atoms with Gasteiger partial charge in [0.2, 0.25) is 0 Å². The van der Waals surface area contributed by atoms with Crippen molar-refractivity contribution in [1.82, 2.24) is 14.9 Å². The van der Waals surface area contributed by atoms with Gasteiger partial charge in [0.05, 0.1) is 31.1 Å². The summed E-state index contributed by atoms with van der Waals surface area (Å²) in [6.45, 7) is 7.32. The Labute approximate surface area is 125 Å². The molecule has 0 bridgehead atoms. The standard InChI is InChI=1S/C15H23N3O3/c1-15(2,3)21-14(19)18-8-4-5-13(10-18)20-11-12-9-16-6-7-17-12/h6-7,9,13H,4-5,8,10-11H2,1-3H3/t13-/m1/s1. The number of amides is 1. The Balaban J connectivity index is 1.82. The normalized spacial score (nSPS) is 19.4. The van der Waals surface area contributed by atoms with Gasteiger partial charge >= 0.3 is 6.09 Å². The van der Waals surface area contributed by atoms with E-state index in [1.54, 1.807) is 23.5 Å². The van der Waals surface area contributed by atoms with Crippen molar-refractivity contribution in [2.24, 2.45) is 0 Å². The van der Waals surface area contributed by atoms with E-state index in [9.17, 15) is 4.79 Å². The van der Waals surface area contributed by atoms with E-state index in [4.69, 9.17) is 9.47 Å². The molecule has 1 aromatic heterocycles. The molecule has 1 atom stereocenters. The van der Waals surface area contributed by atoms with E-state index < -0.39 is 5.60 Å². The molecule has 6 nitrogen and oxygen atoms in total. The predicted molar refractivity (Wildman–Crippen MR) is 77.7 cm³/mol. The van der Waals surface area contributed by atoms with E-state index in [0.717, 1.165) is 25.1 Å². The second-order valence-corrected chi connectivity index (χ2v) is 6.20. The zero-order valence-corrected chi connectivity index (χ0v) is 12.9. The lowest BCUT2D eigenvalue weighted by molar-refractivity contribution is -0.0266. The highest BCUT2D eigenvalue weighted by Crippen LogP contribution is 2.17. The van der Waals surface area contributed by atoms with Crippen molar-refractivity contribution >= 4 is 6.09 Å². The van der Waals surface area contributed by atoms with Crippen LogP contribution in [0.3, 0.4) is 0 Å². The van der Waals surface area contributed by atoms with Crippen molar-refractivity contribution in [3.05, 3.63) is 24.3 Å². The van der Waals surface area contributed by atoms with Gasteiger partial charge in [-0.2, -0.15) is 0 Å². The van der Waals surface area contributed by atoms with Crippen LogP contribution in [0.2, 0.25) is 0 Å². The fraction of sp³-hybridized carbons (Fsp3) is 0.667. The number of hydrogen-bond acceptors (Lipinski definition) is 5. The lowest BCUT2D eigenvalue weighted by Gasteiger charge is -2.33. The summed E-state index contributed by atoms with van der Waals surface area (Å²) in [5.41, 5.74) is 0.330. The van der Waals surface area contributed by atoms with Crippen LogP contribution in [0.25, 0.3) is 0 Å². The first-order chi connectivity index (χ1) is 9.94. The number of hydrogen-bond donors (Lipinski definition) is 0. The van der Waals surface area contributed by atoms with Crippen molar-refractivity contribution in [2.45, 2.75) is 51.9 Å². The molecule has 2 heterocycles. The third kappa shape index (κ3) is 5.30. The number of carbonyl (C=O) groups is 1. The molecule has 1 saturated heterocycles. The minimum atomic E-state index is -0.468. The van der Waals surface area contributed by atoms with Crippen LogP contribution in [0.5, 0.6) is 0 Å². The largest absolute Gasteiger partial charge is 0.444 e. The molecule has 1 amide bonds. The molecule has 0 spiro atoms. The smallest absolute Gasteiger partial charge is 0.410 e. The van der Waals surface area contributed by atoms with Gasteiger partial charge in [-0.05, 0) is 33.6 Å². The maximum absolute atomic E-state index is 12.1. The van der Waals surface area contributed by atoms with Crippen LogP contribution < -0.4 is 0 Å². The fourth-order valence-corrected chi connectivity index (χ4v) is 2.17. The number of ether oxygens (including phenoxy) is 2. The molecule has 0 aliphatic carbocycles. The Bertz CT molecular complexity index is 459. The van der Waals surface area contributed by atoms with Crippen molar-refractivity contribution in [3.63, 3.8) is 0 Å². The van der Waals surface area contributed by atoms with E-state index >= 15 is 0 Å². The predicted octanol–water partition coefficient (Wildman–Crippen LogP) is 2.39. The summed E-state index contributed by atoms with van der Waals surface area (Å²) in [5.74, 6) is 0. The summed E-state index contributed by atoms with van der Waals surface area (Å²) in [4.78, 5) is 22.0. The van der Waals surface area contributed by atoms with Gasteiger partial charge in [-0.3, -0.25) is 9.97 Å². The van der Waals surface area contributed by atoms with E-state index in [1.807, 2.05) is 20.8 Å². The van der Waals surface area contributed by atoms with Gasteiger partial charge in [0.25, 0.3) is 0 Å². The third-order valence-electron chi connectivity index (χ3n) is 3.11. The van der Waals surface area contributed by atoms with Crippen LogP contribution in [0.1, 0.15) is 39.3 Å². The van der Waals surface area contributed by atoms with Crippen molar-refractivity contribution in [3.8, 4) is 0 Å². The molecule has 6 heteroatoms. The van der Waals surface area contributed by atoms with Crippen LogP contribution in [-0.4, -0.2) is 45.8 Å². The van der Waals surface area contributed by atoms with Crippen LogP contribution in [-0.2, 0) is 16.1 Å². The second-order valence-electron chi connectivity index (χ2n) is 6.20. The summed E-state index contributed by atoms with van der Waals surface area (Å²) in [7, 11) is 0. The first-order valence-electron chi connectivity index (χ1n) is 7.28. The summed E-state index contributed by atoms with van der Waals surface area (Å²) in [6.07, 6.45) is 6.59. The quantitative estimate of drug-likeness (QED) is 0.856. The molecule has 1 aromatic rings. The monoisotopic (exact) mass is 293 g/mol. The third-order valence-corrected chi connectivity index (χ3v) is 3.11. The zero-order valence-electron chi connectivity index (χ0n) is 12.9. The van der Waals surface area contributed by atoms with E-state index in [2.05, 4.69) is 9.97 Å². The maximum Gasteiger partial charge on any atom is 0.410 e. The number of likely N-dealkylation sites (tertiary alicyclic amines) is 1. The van der Waals surface area contributed by atoms with Gasteiger partial charge < -0.3 is 14.4 Å². The van der Waals surface area contributed by atoms with Crippen LogP contribution in [0.4, 0.5) is 4.79 Å². The van der Waals surface area contributed by atoms with Gasteiger partial charge in [-0.15, -0.1) is 0 Å². The average Bonchev–Trinajstić information content (AvgIpc) is 2.45. The number of piperidine rings is 1. The van der Waals surface area contributed by atoms with Gasteiger partial charge in [0, 0.05) is 18.9 Å². The molecule has 0 unspecified atom stereocenters. The second kappa shape index (κ2) is 6.85. The highest BCUT2D eigenvalue weighted by Gasteiger charge is 2.28. The van der Waals surface area contributed by atoms with Gasteiger partial charge in [-0.1, -0.05) is 0 Å². The Morgan fingerprint density at radius 1 is 1.43 bits per heavy atom. The molecule has 1 aliphatic rings. The van der Waals surface area contributed by atoms with E-state index in [1.165, 1.54) is 0 Å². The van der Waals surface area contributed by atoms with Crippen LogP contribution >= 0.6 is 0 Å². The highest BCUT2D eigenvalue weighted by atomic mass is 16.6. The number of aromatic nitrogens is 2. The molecule has 116 valence electrons. The molecular formula is C15H23N3O3. The van der Waals surface area contributed by atoms with Crippen molar-refractivity contribution < 1.29 is 14.3 Å². The molecule has 1 fully saturated rings. The van der Waals surface area contributed by atoms with Crippen molar-refractivity contribution in [1.29, 1.82) is 0 Å². The number of rotatable bonds is 3. The summed E-state index contributed by atoms with van der Waals surface area (Å²) in [6, 6.07) is 0. The average molecular weight is 293 g/mol. The minimum absolute atomic E-state index is 0.0216. The van der Waals surface area contributed by atoms with Crippen LogP contribution in [0, 0.1) is 0 Å². The minimum Gasteiger partial charge on any atom is -0.444 e. The molecule has 2 rings (SSSR count). The Hall–Kier alpha value is -1.69. The van der Waals surface area contributed by atoms with Crippen molar-refractivity contribution in [2.75, 3.05) is 13.1 Å². The van der Waals surface area contributed by atoms with Crippen LogP contribution in [0.15, 0.2) is 18.6 Å². The first-order valence-corrected chi connectivity index (χ1v) is 7.28. The Morgan fingerprint density at radius 2 is 2.24 bits per heavy atom. The summed E-state index contributed by atoms with van der Waals surface area (Å²) < 4.78 is 11.2. The number of carbonyl (C=O) groups excluding carboxylic acids is 1. The topological polar surface area (TPSA) is 64.5 Å². The molecular weight excluding hydrogens is 270 g/mol. The Kier molecular flexibility index (Phi) is 5.12. The molecule has 21 heavy (non-hydrogen) atoms. The molecule has 0 N–H and O–H groups in total. The van der Waals surface area contributed by atoms with Gasteiger partial charge in [-0.25, -0.2) is 4.79 Å². The molecule has 0 aromatic carbocycles. The molecule has 0 saturated carbocycles. The SMILES string of the molecule is CC(C)(C)OC(=O)N1CCC[C@@H](OCc2cnccn2)C1. The van der Waals surface area contributed by atoms with Gasteiger partial charge in [0.1, 0.15) is 5.60 Å². The zero-order chi connectivity index (χ0) is 15.3. The molecule has 0 radical (unpaired) electrons. The van der Waals surface area contributed by atoms with E-state index in [-0.39, 0.29) is 12.2 Å². The highest BCUT2D eigenvalue weighted by molar-refractivity contribution is 5.68. The first kappa shape index (κ1) is 15.7. The van der Waals surface area contributed by atoms with Gasteiger partial charge in [0.15, 0.2) is 0 Å². The summed E-state index contributed by atoms with van der Waals surface area (Å²) >= 11 is 0. The number of nitrogens with zero attached hydrogens (tertiary/aromatic N) is 3. The van der Waals surface area contributed by atoms with E-state index in [0.29, 0.717) is 13.2 Å².